The van der Waals surface area contributed by atoms with Crippen LogP contribution in [-0.4, -0.2) is 23.2 Å². The summed E-state index contributed by atoms with van der Waals surface area (Å²) in [4.78, 5) is 12.4. The van der Waals surface area contributed by atoms with Crippen LogP contribution in [0.5, 0.6) is 11.5 Å². The quantitative estimate of drug-likeness (QED) is 0.266. The van der Waals surface area contributed by atoms with Gasteiger partial charge in [0.05, 0.1) is 17.7 Å². The number of halogens is 3. The zero-order valence-electron chi connectivity index (χ0n) is 17.5. The normalized spacial score (nSPS) is 11.1. The van der Waals surface area contributed by atoms with Crippen molar-refractivity contribution >= 4 is 40.1 Å². The number of nitrogens with one attached hydrogen (secondary N) is 1. The van der Waals surface area contributed by atoms with E-state index in [4.69, 9.17) is 21.1 Å². The summed E-state index contributed by atoms with van der Waals surface area (Å²) in [6.07, 6.45) is 2.04. The topological polar surface area (TPSA) is 97.1 Å². The molecule has 0 radical (unpaired) electrons. The van der Waals surface area contributed by atoms with Crippen LogP contribution in [0.1, 0.15) is 23.1 Å². The van der Waals surface area contributed by atoms with E-state index in [1.54, 1.807) is 6.07 Å². The first kappa shape index (κ1) is 24.1. The van der Waals surface area contributed by atoms with Gasteiger partial charge in [-0.15, -0.1) is 10.2 Å². The van der Waals surface area contributed by atoms with Gasteiger partial charge in [-0.2, -0.15) is 5.26 Å². The number of hydrogen-bond acceptors (Lipinski definition) is 7. The van der Waals surface area contributed by atoms with Gasteiger partial charge in [-0.3, -0.25) is 10.1 Å². The number of methoxy groups -OCH3 is 1. The Kier molecular flexibility index (Phi) is 7.92. The lowest BCUT2D eigenvalue weighted by Gasteiger charge is -2.13. The molecule has 0 aliphatic carbocycles. The van der Waals surface area contributed by atoms with Crippen LogP contribution < -0.4 is 14.8 Å². The molecular formula is C22H17ClF2N4O3S. The minimum atomic E-state index is -0.902. The fourth-order valence-corrected chi connectivity index (χ4v) is 3.52. The maximum absolute atomic E-state index is 14.1. The number of nitrogens with zero attached hydrogens (tertiary/aromatic N) is 3. The van der Waals surface area contributed by atoms with Crippen LogP contribution in [0.3, 0.4) is 0 Å². The number of nitriles is 1. The summed E-state index contributed by atoms with van der Waals surface area (Å²) in [5.74, 6) is -1.89. The average Bonchev–Trinajstić information content (AvgIpc) is 3.27. The van der Waals surface area contributed by atoms with Crippen molar-refractivity contribution in [3.05, 3.63) is 68.7 Å². The van der Waals surface area contributed by atoms with Gasteiger partial charge in [-0.25, -0.2) is 8.78 Å². The van der Waals surface area contributed by atoms with E-state index in [-0.39, 0.29) is 27.7 Å². The van der Waals surface area contributed by atoms with Crippen molar-refractivity contribution in [3.63, 3.8) is 0 Å². The Bertz CT molecular complexity index is 1260. The summed E-state index contributed by atoms with van der Waals surface area (Å²) in [6.45, 7) is 1.49. The summed E-state index contributed by atoms with van der Waals surface area (Å²) in [5.41, 5.74) is -0.0144. The molecule has 0 saturated heterocycles. The number of hydrogen-bond donors (Lipinski definition) is 1. The van der Waals surface area contributed by atoms with E-state index < -0.39 is 24.1 Å². The summed E-state index contributed by atoms with van der Waals surface area (Å²) in [6, 6.07) is 8.59. The van der Waals surface area contributed by atoms with Crippen LogP contribution in [0.15, 0.2) is 35.9 Å². The first-order chi connectivity index (χ1) is 15.9. The van der Waals surface area contributed by atoms with Crippen LogP contribution in [0.2, 0.25) is 5.02 Å². The van der Waals surface area contributed by atoms with Gasteiger partial charge in [0.2, 0.25) is 5.13 Å². The van der Waals surface area contributed by atoms with Gasteiger partial charge in [0.1, 0.15) is 29.1 Å². The Morgan fingerprint density at radius 3 is 2.73 bits per heavy atom. The number of aromatic nitrogens is 2. The highest BCUT2D eigenvalue weighted by molar-refractivity contribution is 7.15. The molecule has 33 heavy (non-hydrogen) atoms. The van der Waals surface area contributed by atoms with Crippen molar-refractivity contribution in [2.75, 3.05) is 12.4 Å². The smallest absolute Gasteiger partial charge is 0.268 e. The molecule has 1 amide bonds. The summed E-state index contributed by atoms with van der Waals surface area (Å²) in [5, 5.41) is 20.5. The molecule has 2 aromatic carbocycles. The lowest BCUT2D eigenvalue weighted by atomic mass is 10.1. The third kappa shape index (κ3) is 5.83. The number of aryl methyl sites for hydroxylation is 1. The van der Waals surface area contributed by atoms with Gasteiger partial charge >= 0.3 is 0 Å². The predicted octanol–water partition coefficient (Wildman–Crippen LogP) is 5.17. The monoisotopic (exact) mass is 490 g/mol. The minimum absolute atomic E-state index is 0.165. The molecule has 170 valence electrons. The van der Waals surface area contributed by atoms with Gasteiger partial charge in [-0.05, 0) is 42.3 Å². The van der Waals surface area contributed by atoms with Crippen LogP contribution in [-0.2, 0) is 17.8 Å². The maximum atomic E-state index is 14.1. The van der Waals surface area contributed by atoms with E-state index in [2.05, 4.69) is 15.5 Å². The minimum Gasteiger partial charge on any atom is -0.493 e. The van der Waals surface area contributed by atoms with E-state index in [0.29, 0.717) is 17.1 Å². The van der Waals surface area contributed by atoms with E-state index in [0.717, 1.165) is 17.1 Å². The van der Waals surface area contributed by atoms with Crippen LogP contribution in [0.25, 0.3) is 6.08 Å². The Labute approximate surface area is 197 Å². The molecule has 3 aromatic rings. The second kappa shape index (κ2) is 10.8. The van der Waals surface area contributed by atoms with Crippen LogP contribution >= 0.6 is 22.9 Å². The number of benzene rings is 2. The SMILES string of the molecule is CCc1nnc(NC(=O)C(C#N)=Cc2ccc(OCc3c(F)ccc(Cl)c3F)c(OC)c2)s1. The average molecular weight is 491 g/mol. The van der Waals surface area contributed by atoms with Crippen molar-refractivity contribution in [2.24, 2.45) is 0 Å². The Morgan fingerprint density at radius 1 is 1.27 bits per heavy atom. The number of ether oxygens (including phenoxy) is 2. The molecule has 0 fully saturated rings. The predicted molar refractivity (Wildman–Crippen MR) is 120 cm³/mol. The van der Waals surface area contributed by atoms with Crippen molar-refractivity contribution in [2.45, 2.75) is 20.0 Å². The highest BCUT2D eigenvalue weighted by Gasteiger charge is 2.16. The lowest BCUT2D eigenvalue weighted by molar-refractivity contribution is -0.112. The highest BCUT2D eigenvalue weighted by atomic mass is 35.5. The Hall–Kier alpha value is -3.55. The maximum Gasteiger partial charge on any atom is 0.268 e. The zero-order chi connectivity index (χ0) is 24.0. The zero-order valence-corrected chi connectivity index (χ0v) is 19.1. The van der Waals surface area contributed by atoms with Crippen LogP contribution in [0, 0.1) is 23.0 Å². The molecule has 0 spiro atoms. The van der Waals surface area contributed by atoms with Crippen molar-refractivity contribution in [3.8, 4) is 17.6 Å². The molecule has 7 nitrogen and oxygen atoms in total. The first-order valence-electron chi connectivity index (χ1n) is 9.55. The molecule has 1 heterocycles. The largest absolute Gasteiger partial charge is 0.493 e. The number of rotatable bonds is 8. The highest BCUT2D eigenvalue weighted by Crippen LogP contribution is 2.31. The number of anilines is 1. The molecule has 11 heteroatoms. The van der Waals surface area contributed by atoms with E-state index >= 15 is 0 Å². The lowest BCUT2D eigenvalue weighted by Crippen LogP contribution is -2.13. The first-order valence-corrected chi connectivity index (χ1v) is 10.7. The number of carbonyl (C=O) groups is 1. The molecule has 3 rings (SSSR count). The van der Waals surface area contributed by atoms with E-state index in [1.165, 1.54) is 36.7 Å². The molecule has 0 atom stereocenters. The van der Waals surface area contributed by atoms with Crippen LogP contribution in [0.4, 0.5) is 13.9 Å². The van der Waals surface area contributed by atoms with Gasteiger partial charge < -0.3 is 9.47 Å². The standard InChI is InChI=1S/C22H17ClF2N4O3S/c1-3-19-28-29-22(33-19)27-21(30)13(10-26)8-12-4-7-17(18(9-12)31-2)32-11-14-16(24)6-5-15(23)20(14)25/h4-9H,3,11H2,1-2H3,(H,27,29,30). The fourth-order valence-electron chi connectivity index (χ4n) is 2.67. The molecule has 0 unspecified atom stereocenters. The van der Waals surface area contributed by atoms with Gasteiger partial charge in [0.15, 0.2) is 17.3 Å². The molecule has 0 aliphatic heterocycles. The molecule has 0 bridgehead atoms. The molecule has 1 aromatic heterocycles. The molecular weight excluding hydrogens is 474 g/mol. The second-order valence-corrected chi connectivity index (χ2v) is 7.97. The fraction of sp³-hybridized carbons (Fsp3) is 0.182. The van der Waals surface area contributed by atoms with E-state index in [9.17, 15) is 18.8 Å². The summed E-state index contributed by atoms with van der Waals surface area (Å²) in [7, 11) is 1.38. The molecule has 1 N–H and O–H groups in total. The second-order valence-electron chi connectivity index (χ2n) is 6.50. The summed E-state index contributed by atoms with van der Waals surface area (Å²) >= 11 is 6.92. The van der Waals surface area contributed by atoms with Crippen molar-refractivity contribution in [1.82, 2.24) is 10.2 Å². The molecule has 0 saturated carbocycles. The van der Waals surface area contributed by atoms with Gasteiger partial charge in [-0.1, -0.05) is 35.9 Å². The van der Waals surface area contributed by atoms with Gasteiger partial charge in [0, 0.05) is 0 Å². The van der Waals surface area contributed by atoms with E-state index in [1.807, 2.05) is 13.0 Å². The van der Waals surface area contributed by atoms with Crippen molar-refractivity contribution in [1.29, 1.82) is 5.26 Å². The number of carbonyl (C=O) groups excluding carboxylic acids is 1. The van der Waals surface area contributed by atoms with Gasteiger partial charge in [0.25, 0.3) is 5.91 Å². The third-order valence-electron chi connectivity index (χ3n) is 4.36. The third-order valence-corrected chi connectivity index (χ3v) is 5.64. The summed E-state index contributed by atoms with van der Waals surface area (Å²) < 4.78 is 38.8. The Balaban J connectivity index is 1.78. The number of amides is 1. The van der Waals surface area contributed by atoms with Crippen molar-refractivity contribution < 1.29 is 23.0 Å². The Morgan fingerprint density at radius 2 is 2.06 bits per heavy atom. The molecule has 0 aliphatic rings.